The van der Waals surface area contributed by atoms with E-state index in [0.717, 1.165) is 25.1 Å². The van der Waals surface area contributed by atoms with E-state index in [9.17, 15) is 4.79 Å². The molecule has 100 valence electrons. The molecule has 1 amide bonds. The highest BCUT2D eigenvalue weighted by molar-refractivity contribution is 5.81. The Balaban J connectivity index is 2.17. The third-order valence-corrected chi connectivity index (χ3v) is 3.52. The van der Waals surface area contributed by atoms with Gasteiger partial charge >= 0.3 is 0 Å². The average molecular weight is 251 g/mol. The second kappa shape index (κ2) is 5.54. The van der Waals surface area contributed by atoms with Gasteiger partial charge in [0.2, 0.25) is 5.91 Å². The first-order valence-electron chi connectivity index (χ1n) is 6.35. The van der Waals surface area contributed by atoms with Gasteiger partial charge in [-0.05, 0) is 31.5 Å². The van der Waals surface area contributed by atoms with Gasteiger partial charge < -0.3 is 15.1 Å². The highest BCUT2D eigenvalue weighted by Gasteiger charge is 2.37. The van der Waals surface area contributed by atoms with Crippen LogP contribution < -0.4 is 5.73 Å². The highest BCUT2D eigenvalue weighted by Crippen LogP contribution is 2.29. The Morgan fingerprint density at radius 1 is 1.67 bits per heavy atom. The van der Waals surface area contributed by atoms with Crippen molar-refractivity contribution < 1.29 is 9.21 Å². The molecule has 0 radical (unpaired) electrons. The predicted molar refractivity (Wildman–Crippen MR) is 68.9 cm³/mol. The minimum atomic E-state index is -0.0707. The van der Waals surface area contributed by atoms with Crippen LogP contribution in [0.15, 0.2) is 22.8 Å². The third kappa shape index (κ3) is 2.42. The highest BCUT2D eigenvalue weighted by atomic mass is 16.3. The molecule has 1 aliphatic heterocycles. The van der Waals surface area contributed by atoms with Crippen LogP contribution in [0.2, 0.25) is 0 Å². The van der Waals surface area contributed by atoms with Crippen LogP contribution in [-0.2, 0) is 4.79 Å². The van der Waals surface area contributed by atoms with E-state index in [0.29, 0.717) is 6.54 Å². The summed E-state index contributed by atoms with van der Waals surface area (Å²) in [4.78, 5) is 16.0. The molecule has 5 nitrogen and oxygen atoms in total. The molecule has 5 heteroatoms. The minimum absolute atomic E-state index is 0.00333. The van der Waals surface area contributed by atoms with E-state index in [2.05, 4.69) is 4.90 Å². The molecular weight excluding hydrogens is 230 g/mol. The lowest BCUT2D eigenvalue weighted by Crippen LogP contribution is -2.45. The molecule has 2 rings (SSSR count). The Kier molecular flexibility index (Phi) is 4.04. The van der Waals surface area contributed by atoms with Crippen molar-refractivity contribution in [1.82, 2.24) is 9.80 Å². The lowest BCUT2D eigenvalue weighted by molar-refractivity contribution is -0.134. The summed E-state index contributed by atoms with van der Waals surface area (Å²) in [5, 5.41) is 0. The van der Waals surface area contributed by atoms with Gasteiger partial charge in [0, 0.05) is 20.6 Å². The van der Waals surface area contributed by atoms with Gasteiger partial charge in [0.15, 0.2) is 0 Å². The van der Waals surface area contributed by atoms with Gasteiger partial charge in [0.05, 0.1) is 18.3 Å². The molecule has 2 heterocycles. The molecule has 1 aliphatic rings. The lowest BCUT2D eigenvalue weighted by atomic mass is 10.1. The van der Waals surface area contributed by atoms with E-state index in [1.54, 1.807) is 25.3 Å². The van der Waals surface area contributed by atoms with E-state index in [1.165, 1.54) is 0 Å². The molecule has 1 fully saturated rings. The van der Waals surface area contributed by atoms with E-state index < -0.39 is 0 Å². The number of nitrogens with two attached hydrogens (primary N) is 1. The first kappa shape index (κ1) is 13.1. The molecular formula is C13H21N3O2. The fourth-order valence-corrected chi connectivity index (χ4v) is 2.62. The van der Waals surface area contributed by atoms with Crippen LogP contribution in [0.4, 0.5) is 0 Å². The fourth-order valence-electron chi connectivity index (χ4n) is 2.62. The topological polar surface area (TPSA) is 62.7 Å². The Morgan fingerprint density at radius 3 is 3.00 bits per heavy atom. The second-order valence-corrected chi connectivity index (χ2v) is 4.90. The van der Waals surface area contributed by atoms with E-state index in [1.807, 2.05) is 12.1 Å². The van der Waals surface area contributed by atoms with Crippen LogP contribution in [-0.4, -0.2) is 48.9 Å². The van der Waals surface area contributed by atoms with Crippen molar-refractivity contribution in [3.63, 3.8) is 0 Å². The summed E-state index contributed by atoms with van der Waals surface area (Å²) >= 11 is 0. The SMILES string of the molecule is CN(C)C(=O)C1CCCN1C(CN)c1ccco1. The molecule has 0 spiro atoms. The zero-order chi connectivity index (χ0) is 13.1. The fraction of sp³-hybridized carbons (Fsp3) is 0.615. The van der Waals surface area contributed by atoms with Crippen LogP contribution in [0, 0.1) is 0 Å². The number of rotatable bonds is 4. The number of hydrogen-bond acceptors (Lipinski definition) is 4. The molecule has 1 saturated heterocycles. The summed E-state index contributed by atoms with van der Waals surface area (Å²) in [6, 6.07) is 3.71. The van der Waals surface area contributed by atoms with E-state index in [-0.39, 0.29) is 18.0 Å². The van der Waals surface area contributed by atoms with Crippen molar-refractivity contribution in [2.75, 3.05) is 27.2 Å². The van der Waals surface area contributed by atoms with Crippen molar-refractivity contribution >= 4 is 5.91 Å². The molecule has 18 heavy (non-hydrogen) atoms. The molecule has 2 unspecified atom stereocenters. The Labute approximate surface area is 108 Å². The maximum atomic E-state index is 12.2. The summed E-state index contributed by atoms with van der Waals surface area (Å²) in [5.41, 5.74) is 5.86. The number of amides is 1. The quantitative estimate of drug-likeness (QED) is 0.861. The second-order valence-electron chi connectivity index (χ2n) is 4.90. The van der Waals surface area contributed by atoms with Gasteiger partial charge in [0.25, 0.3) is 0 Å². The molecule has 1 aromatic heterocycles. The number of carbonyl (C=O) groups excluding carboxylic acids is 1. The van der Waals surface area contributed by atoms with Gasteiger partial charge in [-0.3, -0.25) is 9.69 Å². The summed E-state index contributed by atoms with van der Waals surface area (Å²) in [5.74, 6) is 0.994. The summed E-state index contributed by atoms with van der Waals surface area (Å²) in [7, 11) is 3.59. The molecule has 1 aromatic rings. The average Bonchev–Trinajstić information content (AvgIpc) is 3.00. The summed E-state index contributed by atoms with van der Waals surface area (Å²) in [6.45, 7) is 1.36. The van der Waals surface area contributed by atoms with Crippen molar-refractivity contribution in [2.24, 2.45) is 5.73 Å². The molecule has 0 saturated carbocycles. The van der Waals surface area contributed by atoms with Crippen LogP contribution in [0.5, 0.6) is 0 Å². The number of furan rings is 1. The third-order valence-electron chi connectivity index (χ3n) is 3.52. The first-order valence-corrected chi connectivity index (χ1v) is 6.35. The number of hydrogen-bond donors (Lipinski definition) is 1. The van der Waals surface area contributed by atoms with Gasteiger partial charge in [-0.2, -0.15) is 0 Å². The van der Waals surface area contributed by atoms with Gasteiger partial charge in [-0.1, -0.05) is 0 Å². The zero-order valence-electron chi connectivity index (χ0n) is 11.0. The smallest absolute Gasteiger partial charge is 0.239 e. The maximum Gasteiger partial charge on any atom is 0.239 e. The van der Waals surface area contributed by atoms with Crippen LogP contribution in [0.25, 0.3) is 0 Å². The van der Waals surface area contributed by atoms with Crippen molar-refractivity contribution in [3.05, 3.63) is 24.2 Å². The van der Waals surface area contributed by atoms with Crippen molar-refractivity contribution in [3.8, 4) is 0 Å². The monoisotopic (exact) mass is 251 g/mol. The van der Waals surface area contributed by atoms with E-state index >= 15 is 0 Å². The van der Waals surface area contributed by atoms with Crippen molar-refractivity contribution in [2.45, 2.75) is 24.9 Å². The molecule has 0 aromatic carbocycles. The summed E-state index contributed by atoms with van der Waals surface area (Å²) in [6.07, 6.45) is 3.58. The lowest BCUT2D eigenvalue weighted by Gasteiger charge is -2.31. The van der Waals surface area contributed by atoms with E-state index in [4.69, 9.17) is 10.2 Å². The standard InChI is InChI=1S/C13H21N3O2/c1-15(2)13(17)10-5-3-7-16(10)11(9-14)12-6-4-8-18-12/h4,6,8,10-11H,3,5,7,9,14H2,1-2H3. The normalized spacial score (nSPS) is 22.1. The van der Waals surface area contributed by atoms with Crippen molar-refractivity contribution in [1.29, 1.82) is 0 Å². The zero-order valence-corrected chi connectivity index (χ0v) is 11.0. The van der Waals surface area contributed by atoms with Crippen LogP contribution in [0.3, 0.4) is 0 Å². The number of nitrogens with zero attached hydrogens (tertiary/aromatic N) is 2. The molecule has 0 aliphatic carbocycles. The Morgan fingerprint density at radius 2 is 2.44 bits per heavy atom. The van der Waals surface area contributed by atoms with Crippen LogP contribution >= 0.6 is 0 Å². The summed E-state index contributed by atoms with van der Waals surface area (Å²) < 4.78 is 5.44. The Hall–Kier alpha value is -1.33. The number of carbonyl (C=O) groups is 1. The molecule has 2 N–H and O–H groups in total. The predicted octanol–water partition coefficient (Wildman–Crippen LogP) is 0.832. The van der Waals surface area contributed by atoms with Crippen LogP contribution in [0.1, 0.15) is 24.6 Å². The van der Waals surface area contributed by atoms with Gasteiger partial charge in [-0.25, -0.2) is 0 Å². The van der Waals surface area contributed by atoms with Gasteiger partial charge in [-0.15, -0.1) is 0 Å². The molecule has 2 atom stereocenters. The number of likely N-dealkylation sites (tertiary alicyclic amines) is 1. The minimum Gasteiger partial charge on any atom is -0.468 e. The Bertz CT molecular complexity index is 389. The number of likely N-dealkylation sites (N-methyl/N-ethyl adjacent to an activating group) is 1. The largest absolute Gasteiger partial charge is 0.468 e. The maximum absolute atomic E-state index is 12.2. The van der Waals surface area contributed by atoms with Gasteiger partial charge in [0.1, 0.15) is 5.76 Å². The first-order chi connectivity index (χ1) is 8.65. The molecule has 0 bridgehead atoms.